The summed E-state index contributed by atoms with van der Waals surface area (Å²) in [5.74, 6) is 0.175. The zero-order valence-corrected chi connectivity index (χ0v) is 17.5. The van der Waals surface area contributed by atoms with Crippen molar-refractivity contribution in [2.24, 2.45) is 7.05 Å². The van der Waals surface area contributed by atoms with E-state index in [0.29, 0.717) is 29.2 Å². The Hall–Kier alpha value is -3.61. The highest BCUT2D eigenvalue weighted by molar-refractivity contribution is 5.91. The van der Waals surface area contributed by atoms with E-state index in [2.05, 4.69) is 15.6 Å². The van der Waals surface area contributed by atoms with E-state index < -0.39 is 0 Å². The fraction of sp³-hybridized carbons (Fsp3) is 0.261. The summed E-state index contributed by atoms with van der Waals surface area (Å²) in [5, 5.41) is 5.97. The molecule has 3 rings (SSSR count). The van der Waals surface area contributed by atoms with Gasteiger partial charge in [0, 0.05) is 42.3 Å². The molecule has 30 heavy (non-hydrogen) atoms. The van der Waals surface area contributed by atoms with Crippen LogP contribution in [0.5, 0.6) is 0 Å². The maximum atomic E-state index is 12.6. The lowest BCUT2D eigenvalue weighted by atomic mass is 10.0. The number of unbranched alkanes of at least 4 members (excludes halogenated alkanes) is 1. The SMILES string of the molecule is CCCCC(=O)Nc1cccc(Nc2nc(-c3cccc(N)c3C)cn(C)c2=O)c1. The van der Waals surface area contributed by atoms with E-state index in [-0.39, 0.29) is 17.3 Å². The normalized spacial score (nSPS) is 10.6. The third kappa shape index (κ3) is 4.86. The molecule has 0 aliphatic carbocycles. The molecule has 156 valence electrons. The second-order valence-electron chi connectivity index (χ2n) is 7.27. The smallest absolute Gasteiger partial charge is 0.293 e. The summed E-state index contributed by atoms with van der Waals surface area (Å²) in [7, 11) is 1.69. The van der Waals surface area contributed by atoms with Crippen LogP contribution in [0.2, 0.25) is 0 Å². The Balaban J connectivity index is 1.89. The van der Waals surface area contributed by atoms with Crippen LogP contribution < -0.4 is 21.9 Å². The molecule has 1 heterocycles. The topological polar surface area (TPSA) is 102 Å². The number of aromatic nitrogens is 2. The van der Waals surface area contributed by atoms with Crippen molar-refractivity contribution in [1.82, 2.24) is 9.55 Å². The van der Waals surface area contributed by atoms with E-state index in [4.69, 9.17) is 5.73 Å². The molecule has 0 atom stereocenters. The van der Waals surface area contributed by atoms with Crippen LogP contribution in [0, 0.1) is 6.92 Å². The summed E-state index contributed by atoms with van der Waals surface area (Å²) in [6.07, 6.45) is 3.99. The van der Waals surface area contributed by atoms with E-state index >= 15 is 0 Å². The Bertz CT molecular complexity index is 1120. The van der Waals surface area contributed by atoms with E-state index in [0.717, 1.165) is 24.0 Å². The first kappa shape index (κ1) is 21.1. The number of amides is 1. The van der Waals surface area contributed by atoms with Crippen LogP contribution in [0.1, 0.15) is 31.7 Å². The second-order valence-corrected chi connectivity index (χ2v) is 7.27. The predicted molar refractivity (Wildman–Crippen MR) is 122 cm³/mol. The van der Waals surface area contributed by atoms with Gasteiger partial charge in [0.1, 0.15) is 0 Å². The number of nitrogen functional groups attached to an aromatic ring is 1. The Morgan fingerprint density at radius 2 is 1.90 bits per heavy atom. The van der Waals surface area contributed by atoms with Crippen LogP contribution in [0.15, 0.2) is 53.5 Å². The number of carbonyl (C=O) groups excluding carboxylic acids is 1. The predicted octanol–water partition coefficient (Wildman–Crippen LogP) is 4.21. The molecule has 0 aliphatic heterocycles. The van der Waals surface area contributed by atoms with Gasteiger partial charge in [-0.15, -0.1) is 0 Å². The molecule has 3 aromatic rings. The molecular weight excluding hydrogens is 378 g/mol. The minimum atomic E-state index is -0.252. The third-order valence-electron chi connectivity index (χ3n) is 4.89. The molecule has 4 N–H and O–H groups in total. The molecule has 7 heteroatoms. The Morgan fingerprint density at radius 1 is 1.17 bits per heavy atom. The van der Waals surface area contributed by atoms with Crippen molar-refractivity contribution in [3.8, 4) is 11.3 Å². The van der Waals surface area contributed by atoms with Gasteiger partial charge in [-0.05, 0) is 43.2 Å². The van der Waals surface area contributed by atoms with Crippen molar-refractivity contribution in [1.29, 1.82) is 0 Å². The van der Waals surface area contributed by atoms with Gasteiger partial charge in [0.05, 0.1) is 5.69 Å². The van der Waals surface area contributed by atoms with Crippen molar-refractivity contribution in [3.05, 3.63) is 64.6 Å². The Morgan fingerprint density at radius 3 is 2.67 bits per heavy atom. The number of nitrogens with zero attached hydrogens (tertiary/aromatic N) is 2. The zero-order chi connectivity index (χ0) is 21.7. The van der Waals surface area contributed by atoms with Gasteiger partial charge in [-0.1, -0.05) is 31.5 Å². The highest BCUT2D eigenvalue weighted by Gasteiger charge is 2.12. The lowest BCUT2D eigenvalue weighted by Crippen LogP contribution is -2.21. The van der Waals surface area contributed by atoms with Crippen LogP contribution >= 0.6 is 0 Å². The fourth-order valence-electron chi connectivity index (χ4n) is 3.12. The van der Waals surface area contributed by atoms with Crippen molar-refractivity contribution in [2.45, 2.75) is 33.1 Å². The molecule has 2 aromatic carbocycles. The summed E-state index contributed by atoms with van der Waals surface area (Å²) in [4.78, 5) is 29.2. The van der Waals surface area contributed by atoms with Crippen LogP contribution in [0.25, 0.3) is 11.3 Å². The van der Waals surface area contributed by atoms with E-state index in [1.807, 2.05) is 50.2 Å². The van der Waals surface area contributed by atoms with Gasteiger partial charge in [0.25, 0.3) is 5.56 Å². The molecule has 1 amide bonds. The van der Waals surface area contributed by atoms with Crippen molar-refractivity contribution < 1.29 is 4.79 Å². The number of carbonyl (C=O) groups is 1. The summed E-state index contributed by atoms with van der Waals surface area (Å²) in [6, 6.07) is 12.9. The maximum Gasteiger partial charge on any atom is 0.293 e. The standard InChI is InChI=1S/C23H27N5O2/c1-4-5-12-21(29)25-16-8-6-9-17(13-16)26-22-23(30)28(3)14-20(27-22)18-10-7-11-19(24)15(18)2/h6-11,13-14H,4-5,12,24H2,1-3H3,(H,25,29)(H,26,27). The first-order valence-corrected chi connectivity index (χ1v) is 9.99. The number of nitrogens with one attached hydrogen (secondary N) is 2. The molecule has 0 aliphatic rings. The largest absolute Gasteiger partial charge is 0.398 e. The average Bonchev–Trinajstić information content (AvgIpc) is 2.72. The van der Waals surface area contributed by atoms with Crippen molar-refractivity contribution >= 4 is 28.8 Å². The monoisotopic (exact) mass is 405 g/mol. The first-order chi connectivity index (χ1) is 14.4. The third-order valence-corrected chi connectivity index (χ3v) is 4.89. The van der Waals surface area contributed by atoms with Gasteiger partial charge in [0.2, 0.25) is 5.91 Å². The van der Waals surface area contributed by atoms with Gasteiger partial charge in [0.15, 0.2) is 5.82 Å². The van der Waals surface area contributed by atoms with Gasteiger partial charge >= 0.3 is 0 Å². The Labute approximate surface area is 176 Å². The number of hydrogen-bond acceptors (Lipinski definition) is 5. The number of hydrogen-bond donors (Lipinski definition) is 3. The summed E-state index contributed by atoms with van der Waals surface area (Å²) in [5.41, 5.74) is 10.2. The molecule has 0 spiro atoms. The molecule has 0 bridgehead atoms. The number of benzene rings is 2. The molecule has 0 fully saturated rings. The molecule has 7 nitrogen and oxygen atoms in total. The van der Waals surface area contributed by atoms with Gasteiger partial charge in [-0.3, -0.25) is 9.59 Å². The van der Waals surface area contributed by atoms with Crippen LogP contribution in [0.4, 0.5) is 22.9 Å². The molecule has 0 radical (unpaired) electrons. The van der Waals surface area contributed by atoms with Crippen LogP contribution in [0.3, 0.4) is 0 Å². The van der Waals surface area contributed by atoms with Crippen LogP contribution in [-0.4, -0.2) is 15.5 Å². The highest BCUT2D eigenvalue weighted by atomic mass is 16.1. The van der Waals surface area contributed by atoms with E-state index in [1.54, 1.807) is 19.3 Å². The van der Waals surface area contributed by atoms with Crippen LogP contribution in [-0.2, 0) is 11.8 Å². The zero-order valence-electron chi connectivity index (χ0n) is 17.5. The average molecular weight is 406 g/mol. The lowest BCUT2D eigenvalue weighted by molar-refractivity contribution is -0.116. The molecule has 1 aromatic heterocycles. The number of aryl methyl sites for hydroxylation is 1. The molecule has 0 saturated carbocycles. The lowest BCUT2D eigenvalue weighted by Gasteiger charge is -2.13. The van der Waals surface area contributed by atoms with Gasteiger partial charge in [-0.2, -0.15) is 0 Å². The van der Waals surface area contributed by atoms with E-state index in [1.165, 1.54) is 4.57 Å². The highest BCUT2D eigenvalue weighted by Crippen LogP contribution is 2.26. The molecular formula is C23H27N5O2. The summed E-state index contributed by atoms with van der Waals surface area (Å²) < 4.78 is 1.49. The van der Waals surface area contributed by atoms with E-state index in [9.17, 15) is 9.59 Å². The quantitative estimate of drug-likeness (QED) is 0.511. The fourth-order valence-corrected chi connectivity index (χ4v) is 3.12. The van der Waals surface area contributed by atoms with Gasteiger partial charge < -0.3 is 20.9 Å². The minimum Gasteiger partial charge on any atom is -0.398 e. The first-order valence-electron chi connectivity index (χ1n) is 9.99. The van der Waals surface area contributed by atoms with Crippen molar-refractivity contribution in [3.63, 3.8) is 0 Å². The van der Waals surface area contributed by atoms with Gasteiger partial charge in [-0.25, -0.2) is 4.98 Å². The van der Waals surface area contributed by atoms with Crippen molar-refractivity contribution in [2.75, 3.05) is 16.4 Å². The second kappa shape index (κ2) is 9.26. The molecule has 0 unspecified atom stereocenters. The molecule has 0 saturated heterocycles. The Kier molecular flexibility index (Phi) is 6.51. The number of rotatable bonds is 7. The number of nitrogens with two attached hydrogens (primary N) is 1. The maximum absolute atomic E-state index is 12.6. The minimum absolute atomic E-state index is 0.0258. The summed E-state index contributed by atoms with van der Waals surface area (Å²) >= 11 is 0. The number of anilines is 4. The summed E-state index contributed by atoms with van der Waals surface area (Å²) in [6.45, 7) is 3.97.